The van der Waals surface area contributed by atoms with Gasteiger partial charge in [0.2, 0.25) is 0 Å². The Balaban J connectivity index is 1.86. The van der Waals surface area contributed by atoms with E-state index in [2.05, 4.69) is 15.3 Å². The van der Waals surface area contributed by atoms with Gasteiger partial charge in [-0.25, -0.2) is 9.97 Å². The van der Waals surface area contributed by atoms with E-state index >= 15 is 0 Å². The van der Waals surface area contributed by atoms with Crippen molar-refractivity contribution in [2.75, 3.05) is 37.0 Å². The van der Waals surface area contributed by atoms with Gasteiger partial charge < -0.3 is 15.3 Å². The standard InChI is InChI=1S/C14H24N4O/c1-18(7-4-8-19)14-9-13(16-11-17-14)15-10-12-5-2-3-6-12/h9,11-12,19H,2-8,10H2,1H3,(H,15,16,17). The summed E-state index contributed by atoms with van der Waals surface area (Å²) in [7, 11) is 1.98. The molecule has 0 aliphatic heterocycles. The van der Waals surface area contributed by atoms with Crippen molar-refractivity contribution < 1.29 is 5.11 Å². The highest BCUT2D eigenvalue weighted by Gasteiger charge is 2.14. The molecule has 0 aromatic carbocycles. The summed E-state index contributed by atoms with van der Waals surface area (Å²) in [6.07, 6.45) is 7.76. The Morgan fingerprint density at radius 3 is 2.89 bits per heavy atom. The van der Waals surface area contributed by atoms with Gasteiger partial charge in [0.25, 0.3) is 0 Å². The number of hydrogen-bond acceptors (Lipinski definition) is 5. The maximum Gasteiger partial charge on any atom is 0.133 e. The fourth-order valence-corrected chi connectivity index (χ4v) is 2.54. The zero-order chi connectivity index (χ0) is 13.5. The summed E-state index contributed by atoms with van der Waals surface area (Å²) >= 11 is 0. The van der Waals surface area contributed by atoms with Crippen LogP contribution in [0, 0.1) is 5.92 Å². The predicted octanol–water partition coefficient (Wildman–Crippen LogP) is 1.90. The van der Waals surface area contributed by atoms with E-state index in [9.17, 15) is 0 Å². The first kappa shape index (κ1) is 14.1. The summed E-state index contributed by atoms with van der Waals surface area (Å²) in [5.74, 6) is 2.59. The van der Waals surface area contributed by atoms with Crippen molar-refractivity contribution in [2.45, 2.75) is 32.1 Å². The lowest BCUT2D eigenvalue weighted by molar-refractivity contribution is 0.290. The molecule has 0 bridgehead atoms. The van der Waals surface area contributed by atoms with E-state index in [1.807, 2.05) is 18.0 Å². The van der Waals surface area contributed by atoms with Gasteiger partial charge in [-0.2, -0.15) is 0 Å². The normalized spacial score (nSPS) is 15.7. The molecular weight excluding hydrogens is 240 g/mol. The maximum atomic E-state index is 8.85. The lowest BCUT2D eigenvalue weighted by Crippen LogP contribution is -2.21. The zero-order valence-corrected chi connectivity index (χ0v) is 11.7. The van der Waals surface area contributed by atoms with E-state index in [-0.39, 0.29) is 6.61 Å². The number of nitrogens with one attached hydrogen (secondary N) is 1. The molecule has 1 aliphatic rings. The minimum atomic E-state index is 0.211. The number of rotatable bonds is 7. The van der Waals surface area contributed by atoms with Crippen LogP contribution in [0.1, 0.15) is 32.1 Å². The van der Waals surface area contributed by atoms with Crippen LogP contribution in [0.15, 0.2) is 12.4 Å². The Labute approximate surface area is 115 Å². The first-order valence-electron chi connectivity index (χ1n) is 7.17. The Morgan fingerprint density at radius 1 is 1.37 bits per heavy atom. The van der Waals surface area contributed by atoms with Crippen LogP contribution in [0.2, 0.25) is 0 Å². The molecule has 2 N–H and O–H groups in total. The average Bonchev–Trinajstić information content (AvgIpc) is 2.96. The number of nitrogens with zero attached hydrogens (tertiary/aromatic N) is 3. The molecule has 0 spiro atoms. The van der Waals surface area contributed by atoms with Gasteiger partial charge in [-0.1, -0.05) is 12.8 Å². The second-order valence-corrected chi connectivity index (χ2v) is 5.29. The van der Waals surface area contributed by atoms with Crippen LogP contribution in [0.25, 0.3) is 0 Å². The molecule has 0 radical (unpaired) electrons. The predicted molar refractivity (Wildman–Crippen MR) is 77.5 cm³/mol. The molecule has 0 saturated heterocycles. The summed E-state index contributed by atoms with van der Waals surface area (Å²) in [4.78, 5) is 10.6. The smallest absolute Gasteiger partial charge is 0.133 e. The SMILES string of the molecule is CN(CCCO)c1cc(NCC2CCCC2)ncn1. The third kappa shape index (κ3) is 4.35. The van der Waals surface area contributed by atoms with Gasteiger partial charge in [0.05, 0.1) is 0 Å². The summed E-state index contributed by atoms with van der Waals surface area (Å²) in [6, 6.07) is 1.98. The first-order valence-corrected chi connectivity index (χ1v) is 7.17. The highest BCUT2D eigenvalue weighted by molar-refractivity contribution is 5.47. The molecule has 5 nitrogen and oxygen atoms in total. The average molecular weight is 264 g/mol. The van der Waals surface area contributed by atoms with Gasteiger partial charge in [0.1, 0.15) is 18.0 Å². The van der Waals surface area contributed by atoms with Gasteiger partial charge in [-0.05, 0) is 25.2 Å². The van der Waals surface area contributed by atoms with E-state index in [0.717, 1.165) is 37.1 Å². The Kier molecular flexibility index (Phi) is 5.39. The minimum absolute atomic E-state index is 0.211. The second-order valence-electron chi connectivity index (χ2n) is 5.29. The van der Waals surface area contributed by atoms with Crippen molar-refractivity contribution in [3.8, 4) is 0 Å². The van der Waals surface area contributed by atoms with Crippen molar-refractivity contribution >= 4 is 11.6 Å². The molecule has 1 saturated carbocycles. The van der Waals surface area contributed by atoms with Crippen LogP contribution in [0.3, 0.4) is 0 Å². The quantitative estimate of drug-likeness (QED) is 0.787. The zero-order valence-electron chi connectivity index (χ0n) is 11.7. The lowest BCUT2D eigenvalue weighted by atomic mass is 10.1. The van der Waals surface area contributed by atoms with Crippen LogP contribution >= 0.6 is 0 Å². The molecule has 0 amide bonds. The Morgan fingerprint density at radius 2 is 2.16 bits per heavy atom. The molecule has 1 fully saturated rings. The molecule has 1 aromatic rings. The minimum Gasteiger partial charge on any atom is -0.396 e. The van der Waals surface area contributed by atoms with Gasteiger partial charge in [-0.3, -0.25) is 0 Å². The number of aliphatic hydroxyl groups is 1. The van der Waals surface area contributed by atoms with Gasteiger partial charge in [0, 0.05) is 32.8 Å². The van der Waals surface area contributed by atoms with Gasteiger partial charge in [-0.15, -0.1) is 0 Å². The Bertz CT molecular complexity index is 379. The summed E-state index contributed by atoms with van der Waals surface area (Å²) in [6.45, 7) is 2.02. The maximum absolute atomic E-state index is 8.85. The van der Waals surface area contributed by atoms with Crippen LogP contribution in [-0.4, -0.2) is 41.8 Å². The third-order valence-corrected chi connectivity index (χ3v) is 3.74. The number of hydrogen-bond donors (Lipinski definition) is 2. The highest BCUT2D eigenvalue weighted by Crippen LogP contribution is 2.25. The highest BCUT2D eigenvalue weighted by atomic mass is 16.3. The van der Waals surface area contributed by atoms with Crippen LogP contribution < -0.4 is 10.2 Å². The molecule has 5 heteroatoms. The lowest BCUT2D eigenvalue weighted by Gasteiger charge is -2.18. The van der Waals surface area contributed by atoms with Crippen molar-refractivity contribution in [1.82, 2.24) is 9.97 Å². The molecule has 1 aliphatic carbocycles. The fourth-order valence-electron chi connectivity index (χ4n) is 2.54. The molecule has 106 valence electrons. The van der Waals surface area contributed by atoms with Crippen LogP contribution in [0.4, 0.5) is 11.6 Å². The van der Waals surface area contributed by atoms with Crippen molar-refractivity contribution in [3.63, 3.8) is 0 Å². The summed E-state index contributed by atoms with van der Waals surface area (Å²) < 4.78 is 0. The Hall–Kier alpha value is -1.36. The van der Waals surface area contributed by atoms with E-state index in [1.54, 1.807) is 6.33 Å². The van der Waals surface area contributed by atoms with Crippen LogP contribution in [0.5, 0.6) is 0 Å². The van der Waals surface area contributed by atoms with Crippen molar-refractivity contribution in [1.29, 1.82) is 0 Å². The van der Waals surface area contributed by atoms with Crippen molar-refractivity contribution in [3.05, 3.63) is 12.4 Å². The van der Waals surface area contributed by atoms with Crippen molar-refractivity contribution in [2.24, 2.45) is 5.92 Å². The second kappa shape index (κ2) is 7.28. The molecular formula is C14H24N4O. The fraction of sp³-hybridized carbons (Fsp3) is 0.714. The molecule has 19 heavy (non-hydrogen) atoms. The van der Waals surface area contributed by atoms with E-state index in [0.29, 0.717) is 0 Å². The van der Waals surface area contributed by atoms with E-state index in [4.69, 9.17) is 5.11 Å². The van der Waals surface area contributed by atoms with Gasteiger partial charge in [0.15, 0.2) is 0 Å². The molecule has 0 atom stereocenters. The monoisotopic (exact) mass is 264 g/mol. The third-order valence-electron chi connectivity index (χ3n) is 3.74. The summed E-state index contributed by atoms with van der Waals surface area (Å²) in [5.41, 5.74) is 0. The number of aliphatic hydroxyl groups excluding tert-OH is 1. The topological polar surface area (TPSA) is 61.3 Å². The van der Waals surface area contributed by atoms with E-state index in [1.165, 1.54) is 25.7 Å². The van der Waals surface area contributed by atoms with Gasteiger partial charge >= 0.3 is 0 Å². The first-order chi connectivity index (χ1) is 9.29. The number of aromatic nitrogens is 2. The largest absolute Gasteiger partial charge is 0.396 e. The molecule has 2 rings (SSSR count). The molecule has 1 aromatic heterocycles. The van der Waals surface area contributed by atoms with Crippen LogP contribution in [-0.2, 0) is 0 Å². The molecule has 0 unspecified atom stereocenters. The number of anilines is 2. The molecule has 1 heterocycles. The summed E-state index contributed by atoms with van der Waals surface area (Å²) in [5, 5.41) is 12.3. The van der Waals surface area contributed by atoms with E-state index < -0.39 is 0 Å².